The van der Waals surface area contributed by atoms with Crippen molar-refractivity contribution in [2.75, 3.05) is 42.4 Å². The first-order chi connectivity index (χ1) is 27.4. The summed E-state index contributed by atoms with van der Waals surface area (Å²) in [5.41, 5.74) is 2.20. The van der Waals surface area contributed by atoms with Gasteiger partial charge in [0.05, 0.1) is 14.2 Å². The Morgan fingerprint density at radius 1 is 0.690 bits per heavy atom. The molecule has 6 atom stereocenters. The standard InChI is InChI=1S/C44H60N4O10/c1-11-28(4)39(58-44(55)36(46(5)6)25-31-16-22-34(56-9)23-17-31)40(51)45-38(27(2)3)42(53)47(7)35(24-29-12-18-32(49)19-13-29)41(52)48(8)37(43(54)57-10)26-30-14-20-33(50)21-15-30/h12-23,27-28,35-39,49-50H,11,24-26H2,1-10H3,(H,45,51)/p+1/t28-,35-,36+,37-,38-,39+/m1/s1. The fourth-order valence-electron chi connectivity index (χ4n) is 6.44. The van der Waals surface area contributed by atoms with Gasteiger partial charge in [-0.1, -0.05) is 52.0 Å². The maximum Gasteiger partial charge on any atom is 0.328 e. The summed E-state index contributed by atoms with van der Waals surface area (Å²) in [5, 5.41) is 20.6. The number of nitrogens with zero attached hydrogens (tertiary/aromatic N) is 3. The summed E-state index contributed by atoms with van der Waals surface area (Å²) >= 11 is 0. The number of carbonyl (C=O) groups excluding carboxylic acids is 5. The summed E-state index contributed by atoms with van der Waals surface area (Å²) in [6.07, 6.45) is -0.295. The molecule has 0 fully saturated rings. The number of ether oxygens (including phenoxy) is 3. The van der Waals surface area contributed by atoms with Crippen LogP contribution in [-0.4, -0.2) is 127 Å². The van der Waals surface area contributed by atoms with Crippen LogP contribution in [0.15, 0.2) is 72.8 Å². The van der Waals surface area contributed by atoms with E-state index in [1.165, 1.54) is 43.1 Å². The summed E-state index contributed by atoms with van der Waals surface area (Å²) in [7, 11) is 9.25. The number of amides is 3. The first-order valence-electron chi connectivity index (χ1n) is 19.4. The highest BCUT2D eigenvalue weighted by atomic mass is 16.6. The number of esters is 2. The smallest absolute Gasteiger partial charge is 0.328 e. The number of methoxy groups -OCH3 is 2. The number of hydrogen-bond acceptors (Lipinski definition) is 10. The lowest BCUT2D eigenvalue weighted by Crippen LogP contribution is -2.59. The van der Waals surface area contributed by atoms with Crippen molar-refractivity contribution < 1.29 is 48.4 Å². The van der Waals surface area contributed by atoms with Crippen molar-refractivity contribution in [2.24, 2.45) is 11.8 Å². The average molecular weight is 806 g/mol. The maximum absolute atomic E-state index is 14.5. The second-order valence-corrected chi connectivity index (χ2v) is 15.2. The van der Waals surface area contributed by atoms with Gasteiger partial charge < -0.3 is 39.5 Å². The van der Waals surface area contributed by atoms with Gasteiger partial charge in [-0.3, -0.25) is 24.1 Å². The summed E-state index contributed by atoms with van der Waals surface area (Å²) in [4.78, 5) is 74.3. The normalized spacial score (nSPS) is 14.3. The monoisotopic (exact) mass is 805 g/mol. The molecular weight excluding hydrogens is 745 g/mol. The van der Waals surface area contributed by atoms with Crippen LogP contribution in [0.25, 0.3) is 0 Å². The molecule has 0 aliphatic carbocycles. The van der Waals surface area contributed by atoms with E-state index < -0.39 is 71.8 Å². The summed E-state index contributed by atoms with van der Waals surface area (Å²) < 4.78 is 16.3. The van der Waals surface area contributed by atoms with Crippen LogP contribution in [0.5, 0.6) is 17.2 Å². The molecule has 0 aliphatic rings. The third-order valence-electron chi connectivity index (χ3n) is 10.5. The topological polar surface area (TPSA) is 178 Å². The number of hydrogen-bond donors (Lipinski definition) is 2. The van der Waals surface area contributed by atoms with Gasteiger partial charge in [0.2, 0.25) is 11.8 Å². The first kappa shape index (κ1) is 46.8. The van der Waals surface area contributed by atoms with E-state index in [1.54, 1.807) is 95.4 Å². The third-order valence-corrected chi connectivity index (χ3v) is 10.5. The zero-order valence-electron chi connectivity index (χ0n) is 35.4. The number of carbonyl (C=O) groups is 5. The van der Waals surface area contributed by atoms with Crippen LogP contribution in [0.2, 0.25) is 0 Å². The van der Waals surface area contributed by atoms with Gasteiger partial charge in [0.15, 0.2) is 6.10 Å². The Morgan fingerprint density at radius 2 is 1.17 bits per heavy atom. The Hall–Kier alpha value is -5.63. The van der Waals surface area contributed by atoms with E-state index in [1.807, 2.05) is 19.1 Å². The molecule has 316 valence electrons. The summed E-state index contributed by atoms with van der Waals surface area (Å²) in [5.74, 6) is -2.91. The Labute approximate surface area is 342 Å². The van der Waals surface area contributed by atoms with E-state index in [-0.39, 0.29) is 18.6 Å². The fraction of sp³-hybridized carbons (Fsp3) is 0.477. The molecule has 0 radical (unpaired) electrons. The number of aromatic hydroxyl groups is 1. The Bertz CT molecular complexity index is 1820. The van der Waals surface area contributed by atoms with Crippen LogP contribution in [0, 0.1) is 11.8 Å². The van der Waals surface area contributed by atoms with E-state index in [4.69, 9.17) is 19.3 Å². The van der Waals surface area contributed by atoms with E-state index >= 15 is 0 Å². The van der Waals surface area contributed by atoms with Crippen molar-refractivity contribution >= 4 is 29.7 Å². The van der Waals surface area contributed by atoms with Gasteiger partial charge in [0.1, 0.15) is 35.7 Å². The predicted molar refractivity (Wildman–Crippen MR) is 220 cm³/mol. The molecule has 0 saturated heterocycles. The first-order valence-corrected chi connectivity index (χ1v) is 19.4. The SMILES string of the molecule is CC[C@@H](C)[C@H](OC(=O)[C@H](Cc1ccc(OC)cc1)N(C)C)C(=O)N[C@@H](C(=O)N(C)[C@H](Cc1ccc(O)cc1)C(=O)N(C)[C@H](Cc1ccc([OH2+])cc1)C(=O)OC)C(C)C. The predicted octanol–water partition coefficient (Wildman–Crippen LogP) is 3.72. The lowest BCUT2D eigenvalue weighted by Gasteiger charge is -2.36. The minimum Gasteiger partial charge on any atom is -0.593 e. The second-order valence-electron chi connectivity index (χ2n) is 15.2. The van der Waals surface area contributed by atoms with Crippen molar-refractivity contribution in [3.63, 3.8) is 0 Å². The van der Waals surface area contributed by atoms with Crippen molar-refractivity contribution in [3.05, 3.63) is 89.5 Å². The van der Waals surface area contributed by atoms with Crippen LogP contribution >= 0.6 is 0 Å². The highest BCUT2D eigenvalue weighted by Gasteiger charge is 2.40. The number of nitrogens with one attached hydrogen (secondary N) is 1. The van der Waals surface area contributed by atoms with E-state index in [0.29, 0.717) is 35.5 Å². The Balaban J connectivity index is 1.92. The number of phenols is 1. The van der Waals surface area contributed by atoms with E-state index in [0.717, 1.165) is 5.56 Å². The number of benzene rings is 3. The molecule has 0 aliphatic heterocycles. The van der Waals surface area contributed by atoms with Gasteiger partial charge in [-0.2, -0.15) is 0 Å². The van der Waals surface area contributed by atoms with Crippen LogP contribution in [-0.2, 0) is 52.7 Å². The van der Waals surface area contributed by atoms with Crippen LogP contribution in [0.4, 0.5) is 0 Å². The highest BCUT2D eigenvalue weighted by molar-refractivity contribution is 5.95. The molecule has 0 unspecified atom stereocenters. The lowest BCUT2D eigenvalue weighted by molar-refractivity contribution is -0.164. The summed E-state index contributed by atoms with van der Waals surface area (Å²) in [6, 6.07) is 16.0. The molecular formula is C44H61N4O10+. The van der Waals surface area contributed by atoms with Crippen molar-refractivity contribution in [3.8, 4) is 17.2 Å². The Kier molecular flexibility index (Phi) is 17.5. The van der Waals surface area contributed by atoms with Gasteiger partial charge in [-0.25, -0.2) is 4.79 Å². The van der Waals surface area contributed by atoms with Crippen LogP contribution in [0.3, 0.4) is 0 Å². The molecule has 3 amide bonds. The number of phenolic OH excluding ortho intramolecular Hbond substituents is 1. The van der Waals surface area contributed by atoms with Crippen molar-refractivity contribution in [1.29, 1.82) is 0 Å². The lowest BCUT2D eigenvalue weighted by atomic mass is 9.96. The third kappa shape index (κ3) is 12.7. The molecule has 3 aromatic carbocycles. The quantitative estimate of drug-likeness (QED) is 0.126. The molecule has 0 spiro atoms. The van der Waals surface area contributed by atoms with E-state index in [9.17, 15) is 29.1 Å². The van der Waals surface area contributed by atoms with Gasteiger partial charge in [-0.15, -0.1) is 0 Å². The zero-order valence-corrected chi connectivity index (χ0v) is 35.4. The number of likely N-dealkylation sites (N-methyl/N-ethyl adjacent to an activating group) is 3. The van der Waals surface area contributed by atoms with Gasteiger partial charge in [0.25, 0.3) is 11.7 Å². The zero-order chi connectivity index (χ0) is 43.3. The van der Waals surface area contributed by atoms with Gasteiger partial charge in [0, 0.05) is 45.0 Å². The molecule has 0 heterocycles. The van der Waals surface area contributed by atoms with Gasteiger partial charge in [-0.05, 0) is 85.9 Å². The maximum atomic E-state index is 14.5. The largest absolute Gasteiger partial charge is 0.593 e. The number of rotatable bonds is 20. The molecule has 14 heteroatoms. The fourth-order valence-corrected chi connectivity index (χ4v) is 6.44. The highest BCUT2D eigenvalue weighted by Crippen LogP contribution is 2.22. The molecule has 0 bridgehead atoms. The second kappa shape index (κ2) is 21.8. The minimum absolute atomic E-state index is 0.0130. The minimum atomic E-state index is -1.22. The molecule has 3 aromatic rings. The van der Waals surface area contributed by atoms with Crippen molar-refractivity contribution in [1.82, 2.24) is 20.0 Å². The Morgan fingerprint density at radius 3 is 1.66 bits per heavy atom. The van der Waals surface area contributed by atoms with Crippen molar-refractivity contribution in [2.45, 2.75) is 83.6 Å². The summed E-state index contributed by atoms with van der Waals surface area (Å²) in [6.45, 7) is 7.19. The molecule has 0 aromatic heterocycles. The molecule has 58 heavy (non-hydrogen) atoms. The van der Waals surface area contributed by atoms with Gasteiger partial charge >= 0.3 is 11.9 Å². The molecule has 4 N–H and O–H groups in total. The van der Waals surface area contributed by atoms with Crippen LogP contribution in [0.1, 0.15) is 50.8 Å². The van der Waals surface area contributed by atoms with Crippen LogP contribution < -0.4 is 10.1 Å². The molecule has 0 saturated carbocycles. The molecule has 3 rings (SSSR count). The van der Waals surface area contributed by atoms with E-state index in [2.05, 4.69) is 5.32 Å². The molecule has 14 nitrogen and oxygen atoms in total. The average Bonchev–Trinajstić information content (AvgIpc) is 3.21.